The first-order valence-corrected chi connectivity index (χ1v) is 9.57. The van der Waals surface area contributed by atoms with Crippen LogP contribution in [0, 0.1) is 13.8 Å². The molecule has 0 aliphatic rings. The van der Waals surface area contributed by atoms with Crippen molar-refractivity contribution in [1.29, 1.82) is 0 Å². The number of benzene rings is 2. The van der Waals surface area contributed by atoms with E-state index in [1.165, 1.54) is 12.3 Å². The van der Waals surface area contributed by atoms with Crippen molar-refractivity contribution >= 4 is 27.8 Å². The Bertz CT molecular complexity index is 1380. The highest BCUT2D eigenvalue weighted by Crippen LogP contribution is 2.23. The highest BCUT2D eigenvalue weighted by atomic mass is 16.5. The number of carbonyl (C=O) groups excluding carboxylic acids is 1. The minimum atomic E-state index is -0.480. The standard InChI is InChI=1S/C23H20N2O5/c1-14-7-8-17-16(11-22(28)30-23(17)15(14)2)13-29-21(27)9-10-25-19-6-4-3-5-18(19)20(26)12-24-25/h3-8,11-12H,9-10,13H2,1-2H3. The number of rotatable bonds is 5. The number of carbonyl (C=O) groups is 1. The average Bonchev–Trinajstić information content (AvgIpc) is 2.74. The molecule has 0 aliphatic heterocycles. The Morgan fingerprint density at radius 2 is 1.90 bits per heavy atom. The van der Waals surface area contributed by atoms with Gasteiger partial charge in [0.25, 0.3) is 0 Å². The molecule has 0 atom stereocenters. The molecular formula is C23H20N2O5. The molecule has 4 aromatic rings. The molecule has 2 heterocycles. The van der Waals surface area contributed by atoms with E-state index in [0.29, 0.717) is 22.0 Å². The van der Waals surface area contributed by atoms with Crippen molar-refractivity contribution in [1.82, 2.24) is 9.78 Å². The van der Waals surface area contributed by atoms with Crippen molar-refractivity contribution in [2.24, 2.45) is 0 Å². The van der Waals surface area contributed by atoms with Crippen LogP contribution >= 0.6 is 0 Å². The monoisotopic (exact) mass is 404 g/mol. The summed E-state index contributed by atoms with van der Waals surface area (Å²) in [5.41, 5.74) is 3.03. The number of para-hydroxylation sites is 1. The molecule has 152 valence electrons. The fourth-order valence-electron chi connectivity index (χ4n) is 3.41. The molecule has 0 saturated carbocycles. The van der Waals surface area contributed by atoms with Crippen LogP contribution in [-0.4, -0.2) is 15.7 Å². The minimum Gasteiger partial charge on any atom is -0.461 e. The summed E-state index contributed by atoms with van der Waals surface area (Å²) < 4.78 is 12.3. The van der Waals surface area contributed by atoms with Crippen molar-refractivity contribution in [2.45, 2.75) is 33.4 Å². The maximum Gasteiger partial charge on any atom is 0.336 e. The molecule has 0 N–H and O–H groups in total. The van der Waals surface area contributed by atoms with E-state index in [0.717, 1.165) is 16.5 Å². The number of esters is 1. The molecular weight excluding hydrogens is 384 g/mol. The van der Waals surface area contributed by atoms with Crippen LogP contribution in [0.3, 0.4) is 0 Å². The number of ether oxygens (including phenoxy) is 1. The Kier molecular flexibility index (Phi) is 5.18. The minimum absolute atomic E-state index is 0.0260. The second-order valence-corrected chi connectivity index (χ2v) is 7.13. The molecule has 0 bridgehead atoms. The topological polar surface area (TPSA) is 91.4 Å². The zero-order valence-corrected chi connectivity index (χ0v) is 16.7. The summed E-state index contributed by atoms with van der Waals surface area (Å²) >= 11 is 0. The molecule has 2 aromatic carbocycles. The molecule has 4 rings (SSSR count). The summed E-state index contributed by atoms with van der Waals surface area (Å²) in [7, 11) is 0. The molecule has 0 spiro atoms. The van der Waals surface area contributed by atoms with E-state index in [-0.39, 0.29) is 25.0 Å². The first-order chi connectivity index (χ1) is 14.4. The maximum atomic E-state index is 12.3. The van der Waals surface area contributed by atoms with E-state index in [1.807, 2.05) is 32.0 Å². The SMILES string of the molecule is Cc1ccc2c(COC(=O)CCn3ncc(=O)c4ccccc43)cc(=O)oc2c1C. The Labute approximate surface area is 171 Å². The van der Waals surface area contributed by atoms with Crippen molar-refractivity contribution in [3.8, 4) is 0 Å². The Morgan fingerprint density at radius 1 is 1.10 bits per heavy atom. The summed E-state index contributed by atoms with van der Waals surface area (Å²) in [6.07, 6.45) is 1.32. The second kappa shape index (κ2) is 7.94. The molecule has 0 aliphatic carbocycles. The summed E-state index contributed by atoms with van der Waals surface area (Å²) in [6.45, 7) is 4.08. The Balaban J connectivity index is 1.49. The van der Waals surface area contributed by atoms with Gasteiger partial charge < -0.3 is 9.15 Å². The van der Waals surface area contributed by atoms with E-state index in [4.69, 9.17) is 9.15 Å². The lowest BCUT2D eigenvalue weighted by molar-refractivity contribution is -0.145. The molecule has 2 aromatic heterocycles. The normalized spacial score (nSPS) is 11.1. The van der Waals surface area contributed by atoms with Gasteiger partial charge in [0.05, 0.1) is 24.7 Å². The lowest BCUT2D eigenvalue weighted by Crippen LogP contribution is -2.15. The Morgan fingerprint density at radius 3 is 2.73 bits per heavy atom. The van der Waals surface area contributed by atoms with Crippen LogP contribution in [-0.2, 0) is 22.7 Å². The molecule has 0 radical (unpaired) electrons. The quantitative estimate of drug-likeness (QED) is 0.375. The zero-order valence-electron chi connectivity index (χ0n) is 16.7. The predicted molar refractivity (Wildman–Crippen MR) is 112 cm³/mol. The summed E-state index contributed by atoms with van der Waals surface area (Å²) in [6, 6.07) is 12.3. The maximum absolute atomic E-state index is 12.3. The number of nitrogens with zero attached hydrogens (tertiary/aromatic N) is 2. The third-order valence-electron chi connectivity index (χ3n) is 5.20. The van der Waals surface area contributed by atoms with Crippen molar-refractivity contribution < 1.29 is 13.9 Å². The third-order valence-corrected chi connectivity index (χ3v) is 5.20. The van der Waals surface area contributed by atoms with Crippen molar-refractivity contribution in [2.75, 3.05) is 0 Å². The number of fused-ring (bicyclic) bond motifs is 2. The first-order valence-electron chi connectivity index (χ1n) is 9.57. The predicted octanol–water partition coefficient (Wildman–Crippen LogP) is 3.25. The van der Waals surface area contributed by atoms with Gasteiger partial charge in [-0.2, -0.15) is 5.10 Å². The molecule has 7 nitrogen and oxygen atoms in total. The highest BCUT2D eigenvalue weighted by Gasteiger charge is 2.12. The van der Waals surface area contributed by atoms with Crippen LogP contribution in [0.15, 0.2) is 62.7 Å². The number of hydrogen-bond acceptors (Lipinski definition) is 6. The lowest BCUT2D eigenvalue weighted by Gasteiger charge is -2.11. The molecule has 7 heteroatoms. The van der Waals surface area contributed by atoms with Gasteiger partial charge in [0, 0.05) is 22.4 Å². The fraction of sp³-hybridized carbons (Fsp3) is 0.217. The van der Waals surface area contributed by atoms with E-state index < -0.39 is 11.6 Å². The van der Waals surface area contributed by atoms with Crippen LogP contribution < -0.4 is 11.1 Å². The smallest absolute Gasteiger partial charge is 0.336 e. The fourth-order valence-corrected chi connectivity index (χ4v) is 3.41. The Hall–Kier alpha value is -3.74. The molecule has 30 heavy (non-hydrogen) atoms. The van der Waals surface area contributed by atoms with Crippen LogP contribution in [0.2, 0.25) is 0 Å². The second-order valence-electron chi connectivity index (χ2n) is 7.13. The van der Waals surface area contributed by atoms with Gasteiger partial charge in [0.2, 0.25) is 5.43 Å². The molecule has 0 saturated heterocycles. The van der Waals surface area contributed by atoms with Crippen molar-refractivity contribution in [3.05, 3.63) is 86.0 Å². The van der Waals surface area contributed by atoms with Gasteiger partial charge >= 0.3 is 11.6 Å². The van der Waals surface area contributed by atoms with Crippen molar-refractivity contribution in [3.63, 3.8) is 0 Å². The van der Waals surface area contributed by atoms with Gasteiger partial charge in [-0.1, -0.05) is 24.3 Å². The van der Waals surface area contributed by atoms with Crippen LogP contribution in [0.1, 0.15) is 23.1 Å². The highest BCUT2D eigenvalue weighted by molar-refractivity contribution is 5.84. The van der Waals surface area contributed by atoms with E-state index in [1.54, 1.807) is 22.9 Å². The van der Waals surface area contributed by atoms with Gasteiger partial charge in [-0.05, 0) is 37.1 Å². The molecule has 0 unspecified atom stereocenters. The number of aromatic nitrogens is 2. The molecule has 0 amide bonds. The van der Waals surface area contributed by atoms with Crippen LogP contribution in [0.5, 0.6) is 0 Å². The van der Waals surface area contributed by atoms with E-state index in [2.05, 4.69) is 5.10 Å². The molecule has 0 fully saturated rings. The van der Waals surface area contributed by atoms with Gasteiger partial charge in [-0.15, -0.1) is 0 Å². The largest absolute Gasteiger partial charge is 0.461 e. The summed E-state index contributed by atoms with van der Waals surface area (Å²) in [4.78, 5) is 36.1. The van der Waals surface area contributed by atoms with Gasteiger partial charge in [0.15, 0.2) is 0 Å². The third kappa shape index (κ3) is 3.74. The first kappa shape index (κ1) is 19.6. The lowest BCUT2D eigenvalue weighted by atomic mass is 10.0. The van der Waals surface area contributed by atoms with Crippen LogP contribution in [0.4, 0.5) is 0 Å². The van der Waals surface area contributed by atoms with E-state index >= 15 is 0 Å². The summed E-state index contributed by atoms with van der Waals surface area (Å²) in [5.74, 6) is -0.426. The van der Waals surface area contributed by atoms with E-state index in [9.17, 15) is 14.4 Å². The average molecular weight is 404 g/mol. The van der Waals surface area contributed by atoms with Gasteiger partial charge in [-0.3, -0.25) is 14.3 Å². The number of hydrogen-bond donors (Lipinski definition) is 0. The van der Waals surface area contributed by atoms with Gasteiger partial charge in [0.1, 0.15) is 12.2 Å². The van der Waals surface area contributed by atoms with Gasteiger partial charge in [-0.25, -0.2) is 4.79 Å². The summed E-state index contributed by atoms with van der Waals surface area (Å²) in [5, 5.41) is 5.41. The number of aryl methyl sites for hydroxylation is 3. The van der Waals surface area contributed by atoms with Crippen LogP contribution in [0.25, 0.3) is 21.9 Å². The zero-order chi connectivity index (χ0) is 21.3.